The first-order chi connectivity index (χ1) is 10.5. The summed E-state index contributed by atoms with van der Waals surface area (Å²) >= 11 is 0. The van der Waals surface area contributed by atoms with E-state index in [1.165, 1.54) is 4.90 Å². The molecule has 0 aromatic rings. The van der Waals surface area contributed by atoms with Crippen molar-refractivity contribution in [2.45, 2.75) is 37.9 Å². The first-order valence-electron chi connectivity index (χ1n) is 8.02. The van der Waals surface area contributed by atoms with E-state index in [0.29, 0.717) is 26.2 Å². The lowest BCUT2D eigenvalue weighted by atomic mass is 10.1. The van der Waals surface area contributed by atoms with Gasteiger partial charge < -0.3 is 25.0 Å². The van der Waals surface area contributed by atoms with Gasteiger partial charge >= 0.3 is 0 Å². The molecule has 0 bridgehead atoms. The van der Waals surface area contributed by atoms with Crippen LogP contribution < -0.4 is 5.73 Å². The molecule has 126 valence electrons. The van der Waals surface area contributed by atoms with E-state index in [0.717, 1.165) is 32.4 Å². The fourth-order valence-electron chi connectivity index (χ4n) is 2.96. The van der Waals surface area contributed by atoms with Crippen molar-refractivity contribution in [3.63, 3.8) is 0 Å². The molecule has 0 spiro atoms. The van der Waals surface area contributed by atoms with Gasteiger partial charge in [0.1, 0.15) is 0 Å². The average Bonchev–Trinajstić information content (AvgIpc) is 2.47. The van der Waals surface area contributed by atoms with Crippen molar-refractivity contribution in [1.29, 1.82) is 0 Å². The number of carbonyl (C=O) groups is 2. The molecule has 0 aromatic heterocycles. The summed E-state index contributed by atoms with van der Waals surface area (Å²) in [5, 5.41) is 0. The van der Waals surface area contributed by atoms with E-state index in [9.17, 15) is 9.59 Å². The van der Waals surface area contributed by atoms with Crippen LogP contribution in [0.2, 0.25) is 0 Å². The minimum atomic E-state index is -0.498. The molecule has 2 aliphatic heterocycles. The summed E-state index contributed by atoms with van der Waals surface area (Å²) in [7, 11) is 2.02. The molecule has 0 saturated carbocycles. The number of ether oxygens (including phenoxy) is 2. The summed E-state index contributed by atoms with van der Waals surface area (Å²) in [5.41, 5.74) is 5.28. The number of hydrogen-bond donors (Lipinski definition) is 1. The largest absolute Gasteiger partial charge is 0.378 e. The van der Waals surface area contributed by atoms with Crippen molar-refractivity contribution in [2.24, 2.45) is 5.73 Å². The van der Waals surface area contributed by atoms with Crippen LogP contribution in [0.25, 0.3) is 0 Å². The molecule has 2 aliphatic rings. The Morgan fingerprint density at radius 2 is 2.00 bits per heavy atom. The van der Waals surface area contributed by atoms with E-state index in [2.05, 4.69) is 4.90 Å². The Morgan fingerprint density at radius 3 is 2.64 bits per heavy atom. The Labute approximate surface area is 131 Å². The highest BCUT2D eigenvalue weighted by Crippen LogP contribution is 2.17. The minimum Gasteiger partial charge on any atom is -0.378 e. The van der Waals surface area contributed by atoms with Crippen LogP contribution in [-0.2, 0) is 19.1 Å². The van der Waals surface area contributed by atoms with E-state index in [1.54, 1.807) is 0 Å². The van der Waals surface area contributed by atoms with Gasteiger partial charge in [0.25, 0.3) is 0 Å². The van der Waals surface area contributed by atoms with Gasteiger partial charge in [-0.25, -0.2) is 0 Å². The molecule has 0 aromatic carbocycles. The van der Waals surface area contributed by atoms with Crippen LogP contribution in [0.5, 0.6) is 0 Å². The second-order valence-electron chi connectivity index (χ2n) is 6.19. The molecule has 2 saturated heterocycles. The SMILES string of the molecule is CN1CCO[C@@H](CN(CC(N)=O)C(=O)C[C@H]2CCCCO2)C1. The smallest absolute Gasteiger partial charge is 0.237 e. The van der Waals surface area contributed by atoms with Crippen LogP contribution in [0, 0.1) is 0 Å². The van der Waals surface area contributed by atoms with Crippen molar-refractivity contribution in [1.82, 2.24) is 9.80 Å². The van der Waals surface area contributed by atoms with Crippen LogP contribution in [-0.4, -0.2) is 80.3 Å². The average molecular weight is 313 g/mol. The first-order valence-corrected chi connectivity index (χ1v) is 8.02. The third-order valence-corrected chi connectivity index (χ3v) is 4.14. The highest BCUT2D eigenvalue weighted by molar-refractivity contribution is 5.84. The summed E-state index contributed by atoms with van der Waals surface area (Å²) in [6.45, 7) is 3.34. The van der Waals surface area contributed by atoms with Crippen LogP contribution in [0.1, 0.15) is 25.7 Å². The summed E-state index contributed by atoms with van der Waals surface area (Å²) in [5.74, 6) is -0.579. The molecule has 7 heteroatoms. The monoisotopic (exact) mass is 313 g/mol. The maximum Gasteiger partial charge on any atom is 0.237 e. The second-order valence-corrected chi connectivity index (χ2v) is 6.19. The predicted octanol–water partition coefficient (Wildman–Crippen LogP) is -0.410. The lowest BCUT2D eigenvalue weighted by Crippen LogP contribution is -2.50. The molecule has 2 amide bonds. The van der Waals surface area contributed by atoms with Crippen LogP contribution in [0.3, 0.4) is 0 Å². The quantitative estimate of drug-likeness (QED) is 0.720. The normalized spacial score (nSPS) is 26.6. The molecule has 0 aliphatic carbocycles. The highest BCUT2D eigenvalue weighted by Gasteiger charge is 2.27. The Kier molecular flexibility index (Phi) is 6.60. The zero-order valence-corrected chi connectivity index (χ0v) is 13.3. The van der Waals surface area contributed by atoms with Gasteiger partial charge in [-0.15, -0.1) is 0 Å². The van der Waals surface area contributed by atoms with Gasteiger partial charge in [-0.3, -0.25) is 9.59 Å². The molecule has 2 N–H and O–H groups in total. The van der Waals surface area contributed by atoms with Crippen molar-refractivity contribution >= 4 is 11.8 Å². The highest BCUT2D eigenvalue weighted by atomic mass is 16.5. The minimum absolute atomic E-state index is 0.0356. The topological polar surface area (TPSA) is 85.1 Å². The number of nitrogens with zero attached hydrogens (tertiary/aromatic N) is 2. The van der Waals surface area contributed by atoms with E-state index in [4.69, 9.17) is 15.2 Å². The maximum absolute atomic E-state index is 12.5. The number of hydrogen-bond acceptors (Lipinski definition) is 5. The second kappa shape index (κ2) is 8.45. The third-order valence-electron chi connectivity index (χ3n) is 4.14. The number of primary amides is 1. The van der Waals surface area contributed by atoms with Crippen LogP contribution in [0.15, 0.2) is 0 Å². The molecule has 2 rings (SSSR count). The van der Waals surface area contributed by atoms with E-state index < -0.39 is 5.91 Å². The van der Waals surface area contributed by atoms with Gasteiger partial charge in [-0.05, 0) is 26.3 Å². The summed E-state index contributed by atoms with van der Waals surface area (Å²) in [6.07, 6.45) is 3.25. The van der Waals surface area contributed by atoms with E-state index in [-0.39, 0.29) is 24.7 Å². The number of amides is 2. The molecule has 0 radical (unpaired) electrons. The molecule has 0 unspecified atom stereocenters. The van der Waals surface area contributed by atoms with Gasteiger partial charge in [0, 0.05) is 26.2 Å². The van der Waals surface area contributed by atoms with Crippen molar-refractivity contribution in [2.75, 3.05) is 46.4 Å². The fraction of sp³-hybridized carbons (Fsp3) is 0.867. The third kappa shape index (κ3) is 5.55. The molecule has 22 heavy (non-hydrogen) atoms. The van der Waals surface area contributed by atoms with Gasteiger partial charge in [-0.1, -0.05) is 0 Å². The molecule has 2 fully saturated rings. The first kappa shape index (κ1) is 17.2. The number of likely N-dealkylation sites (N-methyl/N-ethyl adjacent to an activating group) is 1. The lowest BCUT2D eigenvalue weighted by molar-refractivity contribution is -0.141. The molecule has 2 atom stereocenters. The Balaban J connectivity index is 1.89. The summed E-state index contributed by atoms with van der Waals surface area (Å²) in [4.78, 5) is 27.4. The van der Waals surface area contributed by atoms with Gasteiger partial charge in [0.2, 0.25) is 11.8 Å². The van der Waals surface area contributed by atoms with E-state index in [1.807, 2.05) is 7.05 Å². The Bertz CT molecular complexity index is 385. The number of morpholine rings is 1. The van der Waals surface area contributed by atoms with Crippen molar-refractivity contribution in [3.8, 4) is 0 Å². The Hall–Kier alpha value is -1.18. The number of nitrogens with two attached hydrogens (primary N) is 1. The van der Waals surface area contributed by atoms with Crippen LogP contribution in [0.4, 0.5) is 0 Å². The molecule has 7 nitrogen and oxygen atoms in total. The van der Waals surface area contributed by atoms with Crippen molar-refractivity contribution < 1.29 is 19.1 Å². The standard InChI is InChI=1S/C15H27N3O4/c1-17-5-7-22-13(9-17)10-18(11-14(16)19)15(20)8-12-4-2-3-6-21-12/h12-13H,2-11H2,1H3,(H2,16,19)/t12-,13-/m1/s1. The van der Waals surface area contributed by atoms with Crippen molar-refractivity contribution in [3.05, 3.63) is 0 Å². The lowest BCUT2D eigenvalue weighted by Gasteiger charge is -2.34. The predicted molar refractivity (Wildman–Crippen MR) is 81.2 cm³/mol. The van der Waals surface area contributed by atoms with Gasteiger partial charge in [0.15, 0.2) is 0 Å². The molecule has 2 heterocycles. The zero-order chi connectivity index (χ0) is 15.9. The summed E-state index contributed by atoms with van der Waals surface area (Å²) < 4.78 is 11.3. The zero-order valence-electron chi connectivity index (χ0n) is 13.3. The maximum atomic E-state index is 12.5. The number of rotatable bonds is 6. The number of carbonyl (C=O) groups excluding carboxylic acids is 2. The van der Waals surface area contributed by atoms with Crippen LogP contribution >= 0.6 is 0 Å². The van der Waals surface area contributed by atoms with E-state index >= 15 is 0 Å². The Morgan fingerprint density at radius 1 is 1.23 bits per heavy atom. The fourth-order valence-corrected chi connectivity index (χ4v) is 2.96. The molecular formula is C15H27N3O4. The molecular weight excluding hydrogens is 286 g/mol. The summed E-state index contributed by atoms with van der Waals surface area (Å²) in [6, 6.07) is 0. The van der Waals surface area contributed by atoms with Gasteiger partial charge in [0.05, 0.1) is 31.8 Å². The van der Waals surface area contributed by atoms with Gasteiger partial charge in [-0.2, -0.15) is 0 Å².